The van der Waals surface area contributed by atoms with Gasteiger partial charge in [0.2, 0.25) is 5.91 Å². The molecule has 0 spiro atoms. The summed E-state index contributed by atoms with van der Waals surface area (Å²) in [5, 5.41) is 5.69. The van der Waals surface area contributed by atoms with Gasteiger partial charge in [-0.2, -0.15) is 0 Å². The van der Waals surface area contributed by atoms with E-state index in [4.69, 9.17) is 16.3 Å². The number of methoxy groups -OCH3 is 1. The first kappa shape index (κ1) is 20.4. The molecule has 1 aliphatic rings. The third-order valence-corrected chi connectivity index (χ3v) is 4.66. The van der Waals surface area contributed by atoms with Crippen LogP contribution in [-0.2, 0) is 16.0 Å². The first-order chi connectivity index (χ1) is 13.9. The quantitative estimate of drug-likeness (QED) is 0.561. The van der Waals surface area contributed by atoms with Gasteiger partial charge in [0.1, 0.15) is 18.0 Å². The first-order valence-corrected chi connectivity index (χ1v) is 9.36. The summed E-state index contributed by atoms with van der Waals surface area (Å²) in [4.78, 5) is 38.1. The number of urea groups is 1. The number of para-hydroxylation sites is 1. The third-order valence-electron chi connectivity index (χ3n) is 4.43. The molecule has 7 nitrogen and oxygen atoms in total. The Morgan fingerprint density at radius 2 is 2.00 bits per heavy atom. The Labute approximate surface area is 173 Å². The van der Waals surface area contributed by atoms with Crippen molar-refractivity contribution in [2.24, 2.45) is 0 Å². The van der Waals surface area contributed by atoms with E-state index < -0.39 is 24.4 Å². The molecular weight excluding hydrogens is 394 g/mol. The molecule has 0 radical (unpaired) electrons. The fourth-order valence-corrected chi connectivity index (χ4v) is 3.15. The van der Waals surface area contributed by atoms with E-state index >= 15 is 0 Å². The maximum atomic E-state index is 12.6. The van der Waals surface area contributed by atoms with Gasteiger partial charge < -0.3 is 15.4 Å². The zero-order valence-corrected chi connectivity index (χ0v) is 16.7. The van der Waals surface area contributed by atoms with Crippen LogP contribution < -0.4 is 15.4 Å². The van der Waals surface area contributed by atoms with Crippen LogP contribution in [0.3, 0.4) is 0 Å². The zero-order chi connectivity index (χ0) is 21.0. The van der Waals surface area contributed by atoms with Gasteiger partial charge in [-0.05, 0) is 42.3 Å². The fraction of sp³-hybridized carbons (Fsp3) is 0.190. The lowest BCUT2D eigenvalue weighted by molar-refractivity contribution is -0.127. The fourth-order valence-electron chi connectivity index (χ4n) is 2.97. The summed E-state index contributed by atoms with van der Waals surface area (Å²) in [5.41, 5.74) is 2.20. The van der Waals surface area contributed by atoms with Gasteiger partial charge in [-0.1, -0.05) is 36.7 Å². The molecule has 1 aliphatic heterocycles. The van der Waals surface area contributed by atoms with Crippen molar-refractivity contribution in [2.75, 3.05) is 19.0 Å². The van der Waals surface area contributed by atoms with E-state index in [0.717, 1.165) is 16.9 Å². The molecule has 4 amide bonds. The number of aryl methyl sites for hydroxylation is 1. The predicted molar refractivity (Wildman–Crippen MR) is 111 cm³/mol. The molecule has 150 valence electrons. The normalized spacial score (nSPS) is 14.9. The van der Waals surface area contributed by atoms with Crippen molar-refractivity contribution >= 4 is 41.2 Å². The molecule has 0 aromatic heterocycles. The van der Waals surface area contributed by atoms with Crippen LogP contribution in [0.5, 0.6) is 5.75 Å². The van der Waals surface area contributed by atoms with Crippen molar-refractivity contribution in [3.05, 3.63) is 64.3 Å². The number of benzene rings is 2. The summed E-state index contributed by atoms with van der Waals surface area (Å²) in [6.07, 6.45) is 2.21. The second-order valence-electron chi connectivity index (χ2n) is 6.32. The van der Waals surface area contributed by atoms with Crippen LogP contribution in [-0.4, -0.2) is 36.4 Å². The molecule has 29 heavy (non-hydrogen) atoms. The smallest absolute Gasteiger partial charge is 0.329 e. The van der Waals surface area contributed by atoms with E-state index in [-0.39, 0.29) is 5.70 Å². The monoisotopic (exact) mass is 413 g/mol. The number of hydrogen-bond donors (Lipinski definition) is 2. The Morgan fingerprint density at radius 3 is 2.72 bits per heavy atom. The van der Waals surface area contributed by atoms with E-state index in [2.05, 4.69) is 10.6 Å². The molecule has 1 fully saturated rings. The maximum absolute atomic E-state index is 12.6. The topological polar surface area (TPSA) is 87.7 Å². The highest BCUT2D eigenvalue weighted by atomic mass is 35.5. The lowest BCUT2D eigenvalue weighted by Crippen LogP contribution is -2.38. The maximum Gasteiger partial charge on any atom is 0.329 e. The summed E-state index contributed by atoms with van der Waals surface area (Å²) in [7, 11) is 1.49. The van der Waals surface area contributed by atoms with Crippen molar-refractivity contribution < 1.29 is 19.1 Å². The Bertz CT molecular complexity index is 1000. The standard InChI is InChI=1S/C21H20ClN3O4/c1-3-13-6-4-5-7-16(13)23-19(26)12-25-20(27)17(24-21(25)28)11-14-10-15(22)8-9-18(14)29-2/h4-11H,3,12H2,1-2H3,(H,23,26)(H,24,28)/b17-11+. The molecule has 3 rings (SSSR count). The molecule has 2 aromatic rings. The Kier molecular flexibility index (Phi) is 6.19. The highest BCUT2D eigenvalue weighted by Crippen LogP contribution is 2.26. The Hall–Kier alpha value is -3.32. The summed E-state index contributed by atoms with van der Waals surface area (Å²) in [6.45, 7) is 1.58. The van der Waals surface area contributed by atoms with E-state index in [0.29, 0.717) is 22.0 Å². The number of nitrogens with one attached hydrogen (secondary N) is 2. The summed E-state index contributed by atoms with van der Waals surface area (Å²) in [6, 6.07) is 11.6. The number of imide groups is 1. The van der Waals surface area contributed by atoms with Crippen molar-refractivity contribution in [3.8, 4) is 5.75 Å². The zero-order valence-electron chi connectivity index (χ0n) is 16.0. The minimum atomic E-state index is -0.666. The van der Waals surface area contributed by atoms with Crippen LogP contribution >= 0.6 is 11.6 Å². The molecule has 0 bridgehead atoms. The number of anilines is 1. The molecule has 2 N–H and O–H groups in total. The third kappa shape index (κ3) is 4.57. The molecule has 1 saturated heterocycles. The minimum Gasteiger partial charge on any atom is -0.496 e. The number of nitrogens with zero attached hydrogens (tertiary/aromatic N) is 1. The molecule has 2 aromatic carbocycles. The van der Waals surface area contributed by atoms with E-state index in [1.807, 2.05) is 25.1 Å². The van der Waals surface area contributed by atoms with E-state index in [1.165, 1.54) is 13.2 Å². The number of ether oxygens (including phenoxy) is 1. The number of carbonyl (C=O) groups is 3. The van der Waals surface area contributed by atoms with Crippen LogP contribution in [0.2, 0.25) is 5.02 Å². The van der Waals surface area contributed by atoms with E-state index in [9.17, 15) is 14.4 Å². The SMILES string of the molecule is CCc1ccccc1NC(=O)CN1C(=O)N/C(=C/c2cc(Cl)ccc2OC)C1=O. The first-order valence-electron chi connectivity index (χ1n) is 8.98. The van der Waals surface area contributed by atoms with Gasteiger partial charge in [-0.25, -0.2) is 9.69 Å². The second kappa shape index (κ2) is 8.79. The van der Waals surface area contributed by atoms with Crippen molar-refractivity contribution in [3.63, 3.8) is 0 Å². The van der Waals surface area contributed by atoms with Gasteiger partial charge in [0, 0.05) is 16.3 Å². The summed E-state index contributed by atoms with van der Waals surface area (Å²) in [5.74, 6) is -0.566. The number of hydrogen-bond acceptors (Lipinski definition) is 4. The number of carbonyl (C=O) groups excluding carboxylic acids is 3. The number of amides is 4. The van der Waals surface area contributed by atoms with Gasteiger partial charge >= 0.3 is 6.03 Å². The van der Waals surface area contributed by atoms with Crippen LogP contribution in [0.15, 0.2) is 48.2 Å². The Balaban J connectivity index is 1.75. The van der Waals surface area contributed by atoms with Gasteiger partial charge in [-0.3, -0.25) is 9.59 Å². The lowest BCUT2D eigenvalue weighted by atomic mass is 10.1. The van der Waals surface area contributed by atoms with Crippen LogP contribution in [0, 0.1) is 0 Å². The minimum absolute atomic E-state index is 0.0392. The average Bonchev–Trinajstić information content (AvgIpc) is 2.96. The van der Waals surface area contributed by atoms with Gasteiger partial charge in [-0.15, -0.1) is 0 Å². The molecule has 8 heteroatoms. The number of rotatable bonds is 6. The molecule has 1 heterocycles. The summed E-state index contributed by atoms with van der Waals surface area (Å²) < 4.78 is 5.25. The predicted octanol–water partition coefficient (Wildman–Crippen LogP) is 3.44. The lowest BCUT2D eigenvalue weighted by Gasteiger charge is -2.13. The molecule has 0 atom stereocenters. The largest absolute Gasteiger partial charge is 0.496 e. The van der Waals surface area contributed by atoms with Crippen molar-refractivity contribution in [2.45, 2.75) is 13.3 Å². The average molecular weight is 414 g/mol. The molecule has 0 saturated carbocycles. The highest BCUT2D eigenvalue weighted by Gasteiger charge is 2.35. The number of halogens is 1. The van der Waals surface area contributed by atoms with Gasteiger partial charge in [0.05, 0.1) is 7.11 Å². The van der Waals surface area contributed by atoms with Crippen LogP contribution in [0.25, 0.3) is 6.08 Å². The molecule has 0 aliphatic carbocycles. The highest BCUT2D eigenvalue weighted by molar-refractivity contribution is 6.30. The summed E-state index contributed by atoms with van der Waals surface area (Å²) >= 11 is 6.00. The second-order valence-corrected chi connectivity index (χ2v) is 6.76. The van der Waals surface area contributed by atoms with Crippen molar-refractivity contribution in [1.82, 2.24) is 10.2 Å². The Morgan fingerprint density at radius 1 is 1.24 bits per heavy atom. The van der Waals surface area contributed by atoms with Gasteiger partial charge in [0.15, 0.2) is 0 Å². The van der Waals surface area contributed by atoms with Crippen molar-refractivity contribution in [1.29, 1.82) is 0 Å². The van der Waals surface area contributed by atoms with Crippen LogP contribution in [0.1, 0.15) is 18.1 Å². The molecule has 0 unspecified atom stereocenters. The van der Waals surface area contributed by atoms with E-state index in [1.54, 1.807) is 24.3 Å². The van der Waals surface area contributed by atoms with Gasteiger partial charge in [0.25, 0.3) is 5.91 Å². The molecular formula is C21H20ClN3O4. The van der Waals surface area contributed by atoms with Crippen LogP contribution in [0.4, 0.5) is 10.5 Å².